The smallest absolute Gasteiger partial charge is 0.269 e. The molecule has 1 aromatic heterocycles. The van der Waals surface area contributed by atoms with Crippen molar-refractivity contribution in [2.24, 2.45) is 4.99 Å². The Morgan fingerprint density at radius 1 is 1.37 bits per heavy atom. The van der Waals surface area contributed by atoms with Crippen LogP contribution in [0, 0.1) is 0 Å². The highest BCUT2D eigenvalue weighted by molar-refractivity contribution is 14.0. The van der Waals surface area contributed by atoms with Gasteiger partial charge < -0.3 is 15.1 Å². The zero-order valence-corrected chi connectivity index (χ0v) is 14.0. The van der Waals surface area contributed by atoms with Crippen LogP contribution in [-0.4, -0.2) is 73.1 Å². The van der Waals surface area contributed by atoms with Crippen LogP contribution in [0.2, 0.25) is 0 Å². The van der Waals surface area contributed by atoms with Gasteiger partial charge in [-0.2, -0.15) is 5.10 Å². The molecule has 8 heteroatoms. The topological polar surface area (TPSA) is 76.6 Å². The van der Waals surface area contributed by atoms with Gasteiger partial charge in [0.1, 0.15) is 5.69 Å². The number of rotatable bonds is 4. The summed E-state index contributed by atoms with van der Waals surface area (Å²) < 4.78 is 0. The number of hydrogen-bond donors (Lipinski definition) is 2. The van der Waals surface area contributed by atoms with E-state index >= 15 is 0 Å². The summed E-state index contributed by atoms with van der Waals surface area (Å²) in [7, 11) is 7.73. The molecule has 7 nitrogen and oxygen atoms in total. The molecule has 0 aliphatic heterocycles. The van der Waals surface area contributed by atoms with E-state index in [1.54, 1.807) is 12.3 Å². The summed E-state index contributed by atoms with van der Waals surface area (Å²) in [5, 5.41) is 9.09. The molecule has 0 saturated heterocycles. The number of amides is 1. The molecule has 19 heavy (non-hydrogen) atoms. The molecule has 0 atom stereocenters. The van der Waals surface area contributed by atoms with Gasteiger partial charge in [0, 0.05) is 40.9 Å². The first-order valence-corrected chi connectivity index (χ1v) is 5.69. The van der Waals surface area contributed by atoms with Crippen molar-refractivity contribution in [3.63, 3.8) is 0 Å². The van der Waals surface area contributed by atoms with Crippen LogP contribution in [0.3, 0.4) is 0 Å². The summed E-state index contributed by atoms with van der Waals surface area (Å²) in [6, 6.07) is 1.63. The summed E-state index contributed by atoms with van der Waals surface area (Å²) in [6.07, 6.45) is 1.54. The van der Waals surface area contributed by atoms with Gasteiger partial charge in [-0.15, -0.1) is 24.0 Å². The Bertz CT molecular complexity index is 391. The van der Waals surface area contributed by atoms with E-state index in [2.05, 4.69) is 20.5 Å². The van der Waals surface area contributed by atoms with Crippen LogP contribution in [0.15, 0.2) is 17.3 Å². The van der Waals surface area contributed by atoms with Gasteiger partial charge in [0.05, 0.1) is 6.54 Å². The van der Waals surface area contributed by atoms with E-state index in [0.717, 1.165) is 5.96 Å². The van der Waals surface area contributed by atoms with Crippen molar-refractivity contribution in [1.82, 2.24) is 25.3 Å². The minimum absolute atomic E-state index is 0. The molecule has 108 valence electrons. The number of carbonyl (C=O) groups is 1. The molecule has 0 aliphatic carbocycles. The van der Waals surface area contributed by atoms with E-state index in [9.17, 15) is 4.79 Å². The molecule has 0 fully saturated rings. The fraction of sp³-hybridized carbons (Fsp3) is 0.545. The van der Waals surface area contributed by atoms with E-state index < -0.39 is 0 Å². The van der Waals surface area contributed by atoms with Crippen molar-refractivity contribution in [1.29, 1.82) is 0 Å². The first-order chi connectivity index (χ1) is 8.52. The van der Waals surface area contributed by atoms with E-state index in [0.29, 0.717) is 18.8 Å². The molecule has 0 bridgehead atoms. The lowest BCUT2D eigenvalue weighted by molar-refractivity contribution is 0.0950. The van der Waals surface area contributed by atoms with Crippen LogP contribution in [0.25, 0.3) is 0 Å². The fourth-order valence-corrected chi connectivity index (χ4v) is 1.49. The van der Waals surface area contributed by atoms with Crippen LogP contribution < -0.4 is 5.32 Å². The quantitative estimate of drug-likeness (QED) is 0.340. The molecule has 2 N–H and O–H groups in total. The Morgan fingerprint density at radius 3 is 2.47 bits per heavy atom. The molecule has 0 saturated carbocycles. The first-order valence-electron chi connectivity index (χ1n) is 5.69. The van der Waals surface area contributed by atoms with Crippen LogP contribution in [0.5, 0.6) is 0 Å². The van der Waals surface area contributed by atoms with Crippen LogP contribution in [-0.2, 0) is 0 Å². The van der Waals surface area contributed by atoms with Gasteiger partial charge >= 0.3 is 0 Å². The lowest BCUT2D eigenvalue weighted by Gasteiger charge is -2.22. The average Bonchev–Trinajstić information content (AvgIpc) is 2.80. The lowest BCUT2D eigenvalue weighted by atomic mass is 10.4. The molecule has 0 radical (unpaired) electrons. The third-order valence-electron chi connectivity index (χ3n) is 2.20. The normalized spacial score (nSPS) is 9.26. The van der Waals surface area contributed by atoms with E-state index in [-0.39, 0.29) is 29.9 Å². The van der Waals surface area contributed by atoms with Gasteiger partial charge in [-0.1, -0.05) is 0 Å². The summed E-state index contributed by atoms with van der Waals surface area (Å²) >= 11 is 0. The predicted molar refractivity (Wildman–Crippen MR) is 86.0 cm³/mol. The van der Waals surface area contributed by atoms with Crippen molar-refractivity contribution in [3.8, 4) is 0 Å². The van der Waals surface area contributed by atoms with Gasteiger partial charge in [0.15, 0.2) is 5.96 Å². The summed E-state index contributed by atoms with van der Waals surface area (Å²) in [5.74, 6) is 0.699. The zero-order valence-electron chi connectivity index (χ0n) is 11.7. The Kier molecular flexibility index (Phi) is 8.12. The number of aromatic amines is 1. The predicted octanol–water partition coefficient (Wildman–Crippen LogP) is 0.237. The van der Waals surface area contributed by atoms with Crippen molar-refractivity contribution >= 4 is 35.8 Å². The van der Waals surface area contributed by atoms with Crippen molar-refractivity contribution in [3.05, 3.63) is 18.0 Å². The number of aliphatic imine (C=N–C) groups is 1. The number of nitrogens with zero attached hydrogens (tertiary/aromatic N) is 4. The molecule has 1 aromatic rings. The van der Waals surface area contributed by atoms with Gasteiger partial charge in [-0.3, -0.25) is 14.9 Å². The molecule has 1 heterocycles. The molecule has 0 aliphatic rings. The monoisotopic (exact) mass is 380 g/mol. The van der Waals surface area contributed by atoms with Crippen LogP contribution in [0.1, 0.15) is 10.5 Å². The maximum absolute atomic E-state index is 11.6. The second-order valence-corrected chi connectivity index (χ2v) is 4.20. The van der Waals surface area contributed by atoms with Crippen LogP contribution in [0.4, 0.5) is 0 Å². The summed E-state index contributed by atoms with van der Waals surface area (Å²) in [5.41, 5.74) is 0.458. The maximum atomic E-state index is 11.6. The summed E-state index contributed by atoms with van der Waals surface area (Å²) in [6.45, 7) is 1.02. The van der Waals surface area contributed by atoms with Crippen LogP contribution >= 0.6 is 24.0 Å². The maximum Gasteiger partial charge on any atom is 0.269 e. The first kappa shape index (κ1) is 17.7. The molecule has 0 spiro atoms. The van der Waals surface area contributed by atoms with Crippen molar-refractivity contribution < 1.29 is 4.79 Å². The molecule has 1 rings (SSSR count). The Balaban J connectivity index is 0.00000324. The molecule has 0 aromatic carbocycles. The van der Waals surface area contributed by atoms with E-state index in [1.165, 1.54) is 0 Å². The minimum atomic E-state index is -0.168. The Hall–Kier alpha value is -1.32. The summed E-state index contributed by atoms with van der Waals surface area (Å²) in [4.78, 5) is 19.8. The number of carbonyl (C=O) groups excluding carboxylic acids is 1. The highest BCUT2D eigenvalue weighted by Gasteiger charge is 2.06. The third kappa shape index (κ3) is 5.90. The zero-order chi connectivity index (χ0) is 13.5. The Morgan fingerprint density at radius 2 is 2.00 bits per heavy atom. The van der Waals surface area contributed by atoms with Crippen molar-refractivity contribution in [2.45, 2.75) is 0 Å². The highest BCUT2D eigenvalue weighted by Crippen LogP contribution is 1.91. The largest absolute Gasteiger partial charge is 0.349 e. The Labute approximate surface area is 130 Å². The number of guanidine groups is 1. The number of aromatic nitrogens is 2. The number of halogens is 1. The minimum Gasteiger partial charge on any atom is -0.349 e. The third-order valence-corrected chi connectivity index (χ3v) is 2.20. The fourth-order valence-electron chi connectivity index (χ4n) is 1.49. The number of H-pyrrole nitrogens is 1. The van der Waals surface area contributed by atoms with Gasteiger partial charge in [0.25, 0.3) is 5.91 Å². The molecular formula is C11H21IN6O. The standard InChI is InChI=1S/C11H20N6O.HI/c1-16(2)11(17(3)4)13-8-7-12-10(18)9-5-6-14-15-9;/h5-6H,7-8H2,1-4H3,(H,12,18)(H,14,15);1H. The lowest BCUT2D eigenvalue weighted by Crippen LogP contribution is -2.36. The van der Waals surface area contributed by atoms with E-state index in [4.69, 9.17) is 0 Å². The SMILES string of the molecule is CN(C)C(=NCCNC(=O)c1ccn[nH]1)N(C)C.I. The van der Waals surface area contributed by atoms with Gasteiger partial charge in [0.2, 0.25) is 0 Å². The second kappa shape index (κ2) is 8.73. The number of hydrogen-bond acceptors (Lipinski definition) is 3. The second-order valence-electron chi connectivity index (χ2n) is 4.20. The molecular weight excluding hydrogens is 359 g/mol. The molecule has 0 unspecified atom stereocenters. The highest BCUT2D eigenvalue weighted by atomic mass is 127. The van der Waals surface area contributed by atoms with Gasteiger partial charge in [-0.25, -0.2) is 0 Å². The number of nitrogens with one attached hydrogen (secondary N) is 2. The van der Waals surface area contributed by atoms with Crippen molar-refractivity contribution in [2.75, 3.05) is 41.3 Å². The van der Waals surface area contributed by atoms with E-state index in [1.807, 2.05) is 38.0 Å². The van der Waals surface area contributed by atoms with Gasteiger partial charge in [-0.05, 0) is 6.07 Å². The average molecular weight is 380 g/mol. The molecule has 1 amide bonds.